The summed E-state index contributed by atoms with van der Waals surface area (Å²) < 4.78 is 11.1. The quantitative estimate of drug-likeness (QED) is 0.853. The molecule has 2 unspecified atom stereocenters. The highest BCUT2D eigenvalue weighted by molar-refractivity contribution is 5.45. The molecule has 1 aliphatic rings. The number of nitrogens with two attached hydrogens (primary N) is 1. The van der Waals surface area contributed by atoms with Gasteiger partial charge >= 0.3 is 0 Å². The van der Waals surface area contributed by atoms with Crippen LogP contribution < -0.4 is 15.2 Å². The van der Waals surface area contributed by atoms with E-state index in [1.165, 1.54) is 0 Å². The SMILES string of the molecule is CC(C)CC(O)C(CN)c1ccc2c(c1)OCCO2. The Balaban J connectivity index is 2.18. The lowest BCUT2D eigenvalue weighted by atomic mass is 9.88. The molecule has 0 saturated carbocycles. The van der Waals surface area contributed by atoms with Crippen molar-refractivity contribution in [2.45, 2.75) is 32.3 Å². The third-order valence-corrected chi connectivity index (χ3v) is 3.43. The molecule has 19 heavy (non-hydrogen) atoms. The molecule has 4 nitrogen and oxygen atoms in total. The number of aliphatic hydroxyl groups excluding tert-OH is 1. The molecule has 2 rings (SSSR count). The third kappa shape index (κ3) is 3.39. The van der Waals surface area contributed by atoms with Crippen molar-refractivity contribution in [2.24, 2.45) is 11.7 Å². The zero-order valence-electron chi connectivity index (χ0n) is 11.6. The molecule has 106 valence electrons. The van der Waals surface area contributed by atoms with Crippen LogP contribution in [0.5, 0.6) is 11.5 Å². The number of hydrogen-bond donors (Lipinski definition) is 2. The van der Waals surface area contributed by atoms with Crippen LogP contribution in [-0.2, 0) is 0 Å². The van der Waals surface area contributed by atoms with E-state index in [2.05, 4.69) is 13.8 Å². The Morgan fingerprint density at radius 3 is 2.53 bits per heavy atom. The Morgan fingerprint density at radius 2 is 1.89 bits per heavy atom. The maximum atomic E-state index is 10.3. The van der Waals surface area contributed by atoms with Gasteiger partial charge in [-0.05, 0) is 30.0 Å². The molecule has 1 aromatic rings. The summed E-state index contributed by atoms with van der Waals surface area (Å²) in [6.45, 7) is 5.77. The molecule has 1 aliphatic heterocycles. The topological polar surface area (TPSA) is 64.7 Å². The molecule has 0 aromatic heterocycles. The molecule has 0 bridgehead atoms. The molecule has 1 heterocycles. The van der Waals surface area contributed by atoms with Crippen molar-refractivity contribution in [2.75, 3.05) is 19.8 Å². The summed E-state index contributed by atoms with van der Waals surface area (Å²) in [5.41, 5.74) is 6.84. The molecule has 0 amide bonds. The van der Waals surface area contributed by atoms with Crippen LogP contribution in [0.1, 0.15) is 31.7 Å². The van der Waals surface area contributed by atoms with Gasteiger partial charge in [0.05, 0.1) is 6.10 Å². The van der Waals surface area contributed by atoms with Gasteiger partial charge in [-0.15, -0.1) is 0 Å². The first-order chi connectivity index (χ1) is 9.11. The van der Waals surface area contributed by atoms with Crippen LogP contribution in [0.4, 0.5) is 0 Å². The summed E-state index contributed by atoms with van der Waals surface area (Å²) in [4.78, 5) is 0. The van der Waals surface area contributed by atoms with Crippen LogP contribution in [0.15, 0.2) is 18.2 Å². The van der Waals surface area contributed by atoms with Crippen LogP contribution >= 0.6 is 0 Å². The zero-order valence-corrected chi connectivity index (χ0v) is 11.6. The second-order valence-corrected chi connectivity index (χ2v) is 5.44. The van der Waals surface area contributed by atoms with E-state index in [4.69, 9.17) is 15.2 Å². The largest absolute Gasteiger partial charge is 0.486 e. The highest BCUT2D eigenvalue weighted by Crippen LogP contribution is 2.34. The number of ether oxygens (including phenoxy) is 2. The van der Waals surface area contributed by atoms with Crippen molar-refractivity contribution in [3.63, 3.8) is 0 Å². The van der Waals surface area contributed by atoms with Crippen molar-refractivity contribution in [1.82, 2.24) is 0 Å². The number of benzene rings is 1. The van der Waals surface area contributed by atoms with E-state index in [0.29, 0.717) is 25.7 Å². The monoisotopic (exact) mass is 265 g/mol. The van der Waals surface area contributed by atoms with Crippen LogP contribution in [-0.4, -0.2) is 31.0 Å². The minimum Gasteiger partial charge on any atom is -0.486 e. The number of fused-ring (bicyclic) bond motifs is 1. The van der Waals surface area contributed by atoms with E-state index in [1.807, 2.05) is 18.2 Å². The fourth-order valence-corrected chi connectivity index (χ4v) is 2.45. The fraction of sp³-hybridized carbons (Fsp3) is 0.600. The minimum absolute atomic E-state index is 0.0572. The highest BCUT2D eigenvalue weighted by atomic mass is 16.6. The van der Waals surface area contributed by atoms with E-state index >= 15 is 0 Å². The molecule has 0 saturated heterocycles. The van der Waals surface area contributed by atoms with Gasteiger partial charge in [-0.1, -0.05) is 19.9 Å². The predicted octanol–water partition coefficient (Wildman–Crippen LogP) is 1.91. The van der Waals surface area contributed by atoms with Crippen molar-refractivity contribution in [3.8, 4) is 11.5 Å². The first kappa shape index (κ1) is 14.2. The van der Waals surface area contributed by atoms with Gasteiger partial charge in [0.15, 0.2) is 11.5 Å². The third-order valence-electron chi connectivity index (χ3n) is 3.43. The molecule has 0 radical (unpaired) electrons. The first-order valence-electron chi connectivity index (χ1n) is 6.89. The molecule has 0 spiro atoms. The lowest BCUT2D eigenvalue weighted by molar-refractivity contribution is 0.121. The lowest BCUT2D eigenvalue weighted by Gasteiger charge is -2.25. The standard InChI is InChI=1S/C15H23NO3/c1-10(2)7-13(17)12(9-16)11-3-4-14-15(8-11)19-6-5-18-14/h3-4,8,10,12-13,17H,5-7,9,16H2,1-2H3. The predicted molar refractivity (Wildman–Crippen MR) is 74.7 cm³/mol. The van der Waals surface area contributed by atoms with Crippen LogP contribution in [0.25, 0.3) is 0 Å². The maximum absolute atomic E-state index is 10.3. The highest BCUT2D eigenvalue weighted by Gasteiger charge is 2.23. The molecule has 3 N–H and O–H groups in total. The van der Waals surface area contributed by atoms with Crippen LogP contribution in [0.2, 0.25) is 0 Å². The normalized spacial score (nSPS) is 17.3. The lowest BCUT2D eigenvalue weighted by Crippen LogP contribution is -2.27. The number of rotatable bonds is 5. The van der Waals surface area contributed by atoms with Gasteiger partial charge in [0.25, 0.3) is 0 Å². The summed E-state index contributed by atoms with van der Waals surface area (Å²) in [7, 11) is 0. The summed E-state index contributed by atoms with van der Waals surface area (Å²) >= 11 is 0. The van der Waals surface area contributed by atoms with Gasteiger partial charge in [0.2, 0.25) is 0 Å². The van der Waals surface area contributed by atoms with Gasteiger partial charge in [-0.3, -0.25) is 0 Å². The molecular weight excluding hydrogens is 242 g/mol. The van der Waals surface area contributed by atoms with Crippen molar-refractivity contribution in [1.29, 1.82) is 0 Å². The van der Waals surface area contributed by atoms with E-state index < -0.39 is 6.10 Å². The fourth-order valence-electron chi connectivity index (χ4n) is 2.45. The Hall–Kier alpha value is -1.26. The smallest absolute Gasteiger partial charge is 0.161 e. The van der Waals surface area contributed by atoms with E-state index in [-0.39, 0.29) is 5.92 Å². The summed E-state index contributed by atoms with van der Waals surface area (Å²) in [5, 5.41) is 10.3. The van der Waals surface area contributed by atoms with Crippen LogP contribution in [0.3, 0.4) is 0 Å². The molecule has 0 fully saturated rings. The summed E-state index contributed by atoms with van der Waals surface area (Å²) in [6.07, 6.45) is 0.323. The van der Waals surface area contributed by atoms with Crippen LogP contribution in [0, 0.1) is 5.92 Å². The number of aliphatic hydroxyl groups is 1. The van der Waals surface area contributed by atoms with Crippen molar-refractivity contribution < 1.29 is 14.6 Å². The Bertz CT molecular complexity index is 420. The van der Waals surface area contributed by atoms with Gasteiger partial charge in [0, 0.05) is 12.5 Å². The summed E-state index contributed by atoms with van der Waals surface area (Å²) in [5.74, 6) is 1.91. The van der Waals surface area contributed by atoms with Crippen molar-refractivity contribution >= 4 is 0 Å². The minimum atomic E-state index is -0.424. The second-order valence-electron chi connectivity index (χ2n) is 5.44. The molecule has 2 atom stereocenters. The zero-order chi connectivity index (χ0) is 13.8. The maximum Gasteiger partial charge on any atom is 0.161 e. The van der Waals surface area contributed by atoms with Gasteiger partial charge < -0.3 is 20.3 Å². The Kier molecular flexibility index (Phi) is 4.66. The van der Waals surface area contributed by atoms with Crippen molar-refractivity contribution in [3.05, 3.63) is 23.8 Å². The molecule has 4 heteroatoms. The van der Waals surface area contributed by atoms with E-state index in [0.717, 1.165) is 23.5 Å². The summed E-state index contributed by atoms with van der Waals surface area (Å²) in [6, 6.07) is 5.80. The Labute approximate surface area is 114 Å². The average Bonchev–Trinajstić information content (AvgIpc) is 2.38. The Morgan fingerprint density at radius 1 is 1.21 bits per heavy atom. The van der Waals surface area contributed by atoms with E-state index in [9.17, 15) is 5.11 Å². The average molecular weight is 265 g/mol. The van der Waals surface area contributed by atoms with E-state index in [1.54, 1.807) is 0 Å². The molecule has 1 aromatic carbocycles. The van der Waals surface area contributed by atoms with Gasteiger partial charge in [-0.2, -0.15) is 0 Å². The van der Waals surface area contributed by atoms with Gasteiger partial charge in [-0.25, -0.2) is 0 Å². The molecule has 0 aliphatic carbocycles. The number of hydrogen-bond acceptors (Lipinski definition) is 4. The molecular formula is C15H23NO3. The second kappa shape index (κ2) is 6.26. The van der Waals surface area contributed by atoms with Gasteiger partial charge in [0.1, 0.15) is 13.2 Å². The first-order valence-corrected chi connectivity index (χ1v) is 6.89.